The molecule has 2 rings (SSSR count). The van der Waals surface area contributed by atoms with Gasteiger partial charge in [0.25, 0.3) is 5.88 Å². The van der Waals surface area contributed by atoms with Crippen LogP contribution in [0.5, 0.6) is 5.88 Å². The van der Waals surface area contributed by atoms with E-state index in [1.807, 2.05) is 0 Å². The maximum Gasteiger partial charge on any atom is 0.254 e. The average Bonchev–Trinajstić information content (AvgIpc) is 2.47. The van der Waals surface area contributed by atoms with Gasteiger partial charge < -0.3 is 14.4 Å². The third kappa shape index (κ3) is 1.43. The Morgan fingerprint density at radius 3 is 3.08 bits per heavy atom. The average molecular weight is 169 g/mol. The van der Waals surface area contributed by atoms with Crippen molar-refractivity contribution in [3.63, 3.8) is 0 Å². The Labute approximate surface area is 70.1 Å². The van der Waals surface area contributed by atoms with E-state index in [9.17, 15) is 0 Å². The molecule has 66 valence electrons. The Morgan fingerprint density at radius 1 is 1.67 bits per heavy atom. The summed E-state index contributed by atoms with van der Waals surface area (Å²) in [6.45, 7) is 0.263. The van der Waals surface area contributed by atoms with Crippen LogP contribution in [0.2, 0.25) is 0 Å². The van der Waals surface area contributed by atoms with E-state index in [0.717, 1.165) is 12.8 Å². The molecular weight excluding hydrogens is 158 g/mol. The summed E-state index contributed by atoms with van der Waals surface area (Å²) in [7, 11) is 0. The van der Waals surface area contributed by atoms with Crippen LogP contribution in [0.4, 0.5) is 0 Å². The number of ether oxygens (including phenoxy) is 1. The number of rotatable bonds is 3. The van der Waals surface area contributed by atoms with E-state index in [0.29, 0.717) is 11.8 Å². The van der Waals surface area contributed by atoms with E-state index in [-0.39, 0.29) is 12.7 Å². The third-order valence-electron chi connectivity index (χ3n) is 2.15. The molecule has 1 aliphatic rings. The van der Waals surface area contributed by atoms with Gasteiger partial charge in [0.05, 0.1) is 0 Å². The van der Waals surface area contributed by atoms with Crippen LogP contribution in [0, 0.1) is 5.92 Å². The summed E-state index contributed by atoms with van der Waals surface area (Å²) in [6, 6.07) is 1.69. The van der Waals surface area contributed by atoms with E-state index in [4.69, 9.17) is 9.84 Å². The van der Waals surface area contributed by atoms with E-state index in [1.165, 1.54) is 6.26 Å². The van der Waals surface area contributed by atoms with Gasteiger partial charge in [-0.1, -0.05) is 0 Å². The van der Waals surface area contributed by atoms with E-state index >= 15 is 0 Å². The molecule has 1 heterocycles. The molecule has 1 aromatic rings. The lowest BCUT2D eigenvalue weighted by Crippen LogP contribution is -2.35. The van der Waals surface area contributed by atoms with Gasteiger partial charge >= 0.3 is 0 Å². The number of aliphatic hydroxyl groups excluding tert-OH is 1. The Balaban J connectivity index is 1.77. The number of nitrogens with zero attached hydrogens (tertiary/aromatic N) is 1. The fourth-order valence-electron chi connectivity index (χ4n) is 1.35. The maximum absolute atomic E-state index is 8.74. The Hall–Kier alpha value is -1.03. The first kappa shape index (κ1) is 7.61. The second-order valence-corrected chi connectivity index (χ2v) is 3.10. The molecule has 0 aromatic carbocycles. The molecule has 1 aliphatic carbocycles. The van der Waals surface area contributed by atoms with Gasteiger partial charge in [0.1, 0.15) is 12.4 Å². The first-order valence-electron chi connectivity index (χ1n) is 4.06. The maximum atomic E-state index is 8.74. The zero-order chi connectivity index (χ0) is 8.39. The number of hydrogen-bond acceptors (Lipinski definition) is 4. The molecule has 1 saturated carbocycles. The van der Waals surface area contributed by atoms with Gasteiger partial charge in [0, 0.05) is 12.7 Å². The second kappa shape index (κ2) is 3.15. The summed E-state index contributed by atoms with van der Waals surface area (Å²) >= 11 is 0. The minimum atomic E-state index is 0.215. The van der Waals surface area contributed by atoms with E-state index in [2.05, 4.69) is 9.68 Å². The summed E-state index contributed by atoms with van der Waals surface area (Å²) < 4.78 is 10.0. The molecule has 12 heavy (non-hydrogen) atoms. The van der Waals surface area contributed by atoms with Crippen molar-refractivity contribution in [2.45, 2.75) is 18.9 Å². The van der Waals surface area contributed by atoms with E-state index in [1.54, 1.807) is 6.07 Å². The van der Waals surface area contributed by atoms with Gasteiger partial charge in [0.2, 0.25) is 0 Å². The van der Waals surface area contributed by atoms with Gasteiger partial charge in [-0.15, -0.1) is 0 Å². The largest absolute Gasteiger partial charge is 0.472 e. The minimum Gasteiger partial charge on any atom is -0.472 e. The van der Waals surface area contributed by atoms with Crippen LogP contribution in [0.1, 0.15) is 12.8 Å². The van der Waals surface area contributed by atoms with Crippen molar-refractivity contribution in [3.05, 3.63) is 12.3 Å². The van der Waals surface area contributed by atoms with Crippen molar-refractivity contribution < 1.29 is 14.4 Å². The Kier molecular flexibility index (Phi) is 1.99. The Morgan fingerprint density at radius 2 is 2.50 bits per heavy atom. The first-order valence-corrected chi connectivity index (χ1v) is 4.06. The molecule has 1 fully saturated rings. The van der Waals surface area contributed by atoms with Crippen LogP contribution < -0.4 is 4.74 Å². The molecule has 0 unspecified atom stereocenters. The molecule has 0 aliphatic heterocycles. The summed E-state index contributed by atoms with van der Waals surface area (Å²) in [6.07, 6.45) is 3.54. The number of hydrogen-bond donors (Lipinski definition) is 1. The molecule has 1 N–H and O–H groups in total. The normalized spacial score (nSPS) is 28.1. The van der Waals surface area contributed by atoms with Crippen LogP contribution in [-0.4, -0.2) is 23.0 Å². The minimum absolute atomic E-state index is 0.215. The van der Waals surface area contributed by atoms with Gasteiger partial charge in [-0.05, 0) is 23.9 Å². The van der Waals surface area contributed by atoms with Crippen LogP contribution in [0.15, 0.2) is 16.9 Å². The quantitative estimate of drug-likeness (QED) is 0.728. The van der Waals surface area contributed by atoms with Crippen molar-refractivity contribution in [2.75, 3.05) is 6.61 Å². The molecule has 4 nitrogen and oxygen atoms in total. The van der Waals surface area contributed by atoms with E-state index < -0.39 is 0 Å². The molecule has 0 spiro atoms. The lowest BCUT2D eigenvalue weighted by molar-refractivity contribution is 0.0275. The topological polar surface area (TPSA) is 55.5 Å². The third-order valence-corrected chi connectivity index (χ3v) is 2.15. The second-order valence-electron chi connectivity index (χ2n) is 3.10. The van der Waals surface area contributed by atoms with Gasteiger partial charge in [-0.3, -0.25) is 0 Å². The number of aromatic nitrogens is 1. The smallest absolute Gasteiger partial charge is 0.254 e. The SMILES string of the molecule is OCC1CC(Oc2ccon2)C1. The van der Waals surface area contributed by atoms with Crippen LogP contribution >= 0.6 is 0 Å². The fourth-order valence-corrected chi connectivity index (χ4v) is 1.35. The van der Waals surface area contributed by atoms with Gasteiger partial charge in [-0.25, -0.2) is 0 Å². The summed E-state index contributed by atoms with van der Waals surface area (Å²) in [5, 5.41) is 12.4. The predicted octanol–water partition coefficient (Wildman–Crippen LogP) is 0.824. The molecule has 0 radical (unpaired) electrons. The molecule has 0 saturated heterocycles. The van der Waals surface area contributed by atoms with Gasteiger partial charge in [0.15, 0.2) is 0 Å². The zero-order valence-electron chi connectivity index (χ0n) is 6.64. The molecule has 0 atom stereocenters. The van der Waals surface area contributed by atoms with Gasteiger partial charge in [-0.2, -0.15) is 0 Å². The highest BCUT2D eigenvalue weighted by Crippen LogP contribution is 2.30. The van der Waals surface area contributed by atoms with Crippen LogP contribution in [-0.2, 0) is 0 Å². The molecule has 1 aromatic heterocycles. The molecular formula is C8H11NO3. The lowest BCUT2D eigenvalue weighted by atomic mass is 9.83. The summed E-state index contributed by atoms with van der Waals surface area (Å²) in [5.41, 5.74) is 0. The first-order chi connectivity index (χ1) is 5.88. The summed E-state index contributed by atoms with van der Waals surface area (Å²) in [5.74, 6) is 0.957. The highest BCUT2D eigenvalue weighted by Gasteiger charge is 2.30. The standard InChI is InChI=1S/C8H11NO3/c10-5-6-3-7(4-6)12-8-1-2-11-9-8/h1-2,6-7,10H,3-5H2. The highest BCUT2D eigenvalue weighted by molar-refractivity contribution is 5.03. The van der Waals surface area contributed by atoms with Crippen LogP contribution in [0.3, 0.4) is 0 Å². The summed E-state index contributed by atoms with van der Waals surface area (Å²) in [4.78, 5) is 0. The van der Waals surface area contributed by atoms with Crippen molar-refractivity contribution in [2.24, 2.45) is 5.92 Å². The predicted molar refractivity (Wildman–Crippen MR) is 40.7 cm³/mol. The molecule has 0 bridgehead atoms. The van der Waals surface area contributed by atoms with Crippen molar-refractivity contribution in [3.8, 4) is 5.88 Å². The zero-order valence-corrected chi connectivity index (χ0v) is 6.64. The molecule has 0 amide bonds. The Bertz CT molecular complexity index is 228. The number of aliphatic hydroxyl groups is 1. The van der Waals surface area contributed by atoms with Crippen molar-refractivity contribution >= 4 is 0 Å². The molecule has 4 heteroatoms. The van der Waals surface area contributed by atoms with Crippen molar-refractivity contribution in [1.29, 1.82) is 0 Å². The lowest BCUT2D eigenvalue weighted by Gasteiger charge is -2.32. The van der Waals surface area contributed by atoms with Crippen LogP contribution in [0.25, 0.3) is 0 Å². The fraction of sp³-hybridized carbons (Fsp3) is 0.625. The monoisotopic (exact) mass is 169 g/mol. The highest BCUT2D eigenvalue weighted by atomic mass is 16.5. The van der Waals surface area contributed by atoms with Crippen molar-refractivity contribution in [1.82, 2.24) is 5.16 Å².